The van der Waals surface area contributed by atoms with Gasteiger partial charge < -0.3 is 9.47 Å². The molecule has 2 aromatic carbocycles. The molecular formula is C17H13BrClNO2. The van der Waals surface area contributed by atoms with Crippen molar-refractivity contribution < 1.29 is 9.47 Å². The molecule has 5 heteroatoms. The fourth-order valence-corrected chi connectivity index (χ4v) is 3.19. The Morgan fingerprint density at radius 3 is 2.18 bits per heavy atom. The summed E-state index contributed by atoms with van der Waals surface area (Å²) in [6, 6.07) is 13.5. The van der Waals surface area contributed by atoms with E-state index in [1.807, 2.05) is 42.5 Å². The first kappa shape index (κ1) is 15.1. The van der Waals surface area contributed by atoms with E-state index >= 15 is 0 Å². The summed E-state index contributed by atoms with van der Waals surface area (Å²) in [5.41, 5.74) is 1.76. The Kier molecular flexibility index (Phi) is 4.23. The topological polar surface area (TPSA) is 31.4 Å². The summed E-state index contributed by atoms with van der Waals surface area (Å²) in [4.78, 5) is 4.52. The number of benzene rings is 2. The Morgan fingerprint density at radius 2 is 1.55 bits per heavy atom. The SMILES string of the molecule is COc1ccc(-c2nc(Cl)c3cc(OC)ccc3c2Br)cc1. The van der Waals surface area contributed by atoms with Crippen LogP contribution in [-0.4, -0.2) is 19.2 Å². The van der Waals surface area contributed by atoms with E-state index in [0.29, 0.717) is 5.15 Å². The molecule has 0 aliphatic carbocycles. The molecule has 0 fully saturated rings. The van der Waals surface area contributed by atoms with Gasteiger partial charge in [0.1, 0.15) is 16.7 Å². The van der Waals surface area contributed by atoms with Crippen molar-refractivity contribution in [1.82, 2.24) is 4.98 Å². The zero-order chi connectivity index (χ0) is 15.7. The lowest BCUT2D eigenvalue weighted by molar-refractivity contribution is 0.415. The fourth-order valence-electron chi connectivity index (χ4n) is 2.29. The van der Waals surface area contributed by atoms with E-state index in [4.69, 9.17) is 21.1 Å². The van der Waals surface area contributed by atoms with Gasteiger partial charge in [-0.1, -0.05) is 11.6 Å². The van der Waals surface area contributed by atoms with Gasteiger partial charge in [0.15, 0.2) is 0 Å². The molecule has 0 spiro atoms. The van der Waals surface area contributed by atoms with E-state index in [1.54, 1.807) is 14.2 Å². The first-order valence-corrected chi connectivity index (χ1v) is 7.78. The molecule has 112 valence electrons. The van der Waals surface area contributed by atoms with E-state index in [1.165, 1.54) is 0 Å². The van der Waals surface area contributed by atoms with Crippen LogP contribution < -0.4 is 9.47 Å². The zero-order valence-electron chi connectivity index (χ0n) is 12.1. The highest BCUT2D eigenvalue weighted by Gasteiger charge is 2.13. The summed E-state index contributed by atoms with van der Waals surface area (Å²) < 4.78 is 11.3. The number of pyridine rings is 1. The van der Waals surface area contributed by atoms with Gasteiger partial charge in [0.2, 0.25) is 0 Å². The van der Waals surface area contributed by atoms with Crippen LogP contribution in [0.1, 0.15) is 0 Å². The van der Waals surface area contributed by atoms with Crippen molar-refractivity contribution in [3.8, 4) is 22.8 Å². The third-order valence-corrected chi connectivity index (χ3v) is 4.56. The monoisotopic (exact) mass is 377 g/mol. The summed E-state index contributed by atoms with van der Waals surface area (Å²) in [5.74, 6) is 1.55. The van der Waals surface area contributed by atoms with Crippen LogP contribution in [0.4, 0.5) is 0 Å². The fraction of sp³-hybridized carbons (Fsp3) is 0.118. The second-order valence-corrected chi connectivity index (χ2v) is 5.86. The van der Waals surface area contributed by atoms with Gasteiger partial charge in [0, 0.05) is 16.3 Å². The Labute approximate surface area is 142 Å². The van der Waals surface area contributed by atoms with Crippen molar-refractivity contribution in [3.63, 3.8) is 0 Å². The molecule has 3 rings (SSSR count). The first-order valence-electron chi connectivity index (χ1n) is 6.61. The van der Waals surface area contributed by atoms with Crippen LogP contribution in [0.3, 0.4) is 0 Å². The molecule has 1 heterocycles. The summed E-state index contributed by atoms with van der Waals surface area (Å²) in [5, 5.41) is 2.29. The third kappa shape index (κ3) is 2.64. The van der Waals surface area contributed by atoms with Crippen LogP contribution in [0.25, 0.3) is 22.0 Å². The number of fused-ring (bicyclic) bond motifs is 1. The highest BCUT2D eigenvalue weighted by atomic mass is 79.9. The van der Waals surface area contributed by atoms with Crippen LogP contribution in [0.2, 0.25) is 5.15 Å². The van der Waals surface area contributed by atoms with Crippen molar-refractivity contribution in [3.05, 3.63) is 52.1 Å². The Bertz CT molecular complexity index is 834. The van der Waals surface area contributed by atoms with Crippen molar-refractivity contribution in [2.24, 2.45) is 0 Å². The second-order valence-electron chi connectivity index (χ2n) is 4.71. The molecule has 1 aromatic heterocycles. The van der Waals surface area contributed by atoms with E-state index in [-0.39, 0.29) is 0 Å². The number of ether oxygens (including phenoxy) is 2. The normalized spacial score (nSPS) is 10.7. The summed E-state index contributed by atoms with van der Waals surface area (Å²) >= 11 is 10.0. The minimum Gasteiger partial charge on any atom is -0.497 e. The number of rotatable bonds is 3. The molecule has 0 N–H and O–H groups in total. The smallest absolute Gasteiger partial charge is 0.137 e. The van der Waals surface area contributed by atoms with Gasteiger partial charge in [-0.2, -0.15) is 0 Å². The van der Waals surface area contributed by atoms with Gasteiger partial charge in [0.05, 0.1) is 24.4 Å². The lowest BCUT2D eigenvalue weighted by Gasteiger charge is -2.11. The Hall–Kier alpha value is -1.78. The minimum absolute atomic E-state index is 0.447. The molecule has 0 bridgehead atoms. The van der Waals surface area contributed by atoms with Crippen molar-refractivity contribution in [2.45, 2.75) is 0 Å². The molecular weight excluding hydrogens is 366 g/mol. The number of hydrogen-bond donors (Lipinski definition) is 0. The van der Waals surface area contributed by atoms with Crippen LogP contribution >= 0.6 is 27.5 Å². The van der Waals surface area contributed by atoms with Crippen molar-refractivity contribution in [2.75, 3.05) is 14.2 Å². The van der Waals surface area contributed by atoms with Crippen molar-refractivity contribution >= 4 is 38.3 Å². The molecule has 0 saturated heterocycles. The molecule has 0 saturated carbocycles. The first-order chi connectivity index (χ1) is 10.6. The van der Waals surface area contributed by atoms with E-state index in [2.05, 4.69) is 20.9 Å². The number of nitrogens with zero attached hydrogens (tertiary/aromatic N) is 1. The third-order valence-electron chi connectivity index (χ3n) is 3.47. The lowest BCUT2D eigenvalue weighted by Crippen LogP contribution is -1.91. The maximum absolute atomic E-state index is 6.36. The predicted octanol–water partition coefficient (Wildman–Crippen LogP) is 5.33. The summed E-state index contributed by atoms with van der Waals surface area (Å²) in [7, 11) is 3.27. The minimum atomic E-state index is 0.447. The highest BCUT2D eigenvalue weighted by molar-refractivity contribution is 9.10. The maximum atomic E-state index is 6.36. The van der Waals surface area contributed by atoms with Gasteiger partial charge in [-0.05, 0) is 58.4 Å². The average Bonchev–Trinajstić information content (AvgIpc) is 2.57. The highest BCUT2D eigenvalue weighted by Crippen LogP contribution is 2.38. The number of methoxy groups -OCH3 is 2. The van der Waals surface area contributed by atoms with Crippen LogP contribution in [0.15, 0.2) is 46.9 Å². The number of halogens is 2. The molecule has 0 atom stereocenters. The molecule has 0 unspecified atom stereocenters. The van der Waals surface area contributed by atoms with Crippen LogP contribution in [0.5, 0.6) is 11.5 Å². The van der Waals surface area contributed by atoms with Crippen LogP contribution in [-0.2, 0) is 0 Å². The van der Waals surface area contributed by atoms with E-state index in [9.17, 15) is 0 Å². The molecule has 22 heavy (non-hydrogen) atoms. The van der Waals surface area contributed by atoms with Gasteiger partial charge >= 0.3 is 0 Å². The average molecular weight is 379 g/mol. The van der Waals surface area contributed by atoms with Gasteiger partial charge in [-0.15, -0.1) is 0 Å². The Morgan fingerprint density at radius 1 is 0.909 bits per heavy atom. The van der Waals surface area contributed by atoms with Gasteiger partial charge in [0.25, 0.3) is 0 Å². The Balaban J connectivity index is 2.20. The maximum Gasteiger partial charge on any atom is 0.137 e. The molecule has 0 amide bonds. The molecule has 0 radical (unpaired) electrons. The zero-order valence-corrected chi connectivity index (χ0v) is 14.4. The standard InChI is InChI=1S/C17H13BrClNO2/c1-21-11-5-3-10(4-6-11)16-15(18)13-8-7-12(22-2)9-14(13)17(19)20-16/h3-9H,1-2H3. The van der Waals surface area contributed by atoms with Gasteiger partial charge in [-0.3, -0.25) is 0 Å². The molecule has 3 aromatic rings. The van der Waals surface area contributed by atoms with Crippen molar-refractivity contribution in [1.29, 1.82) is 0 Å². The molecule has 3 nitrogen and oxygen atoms in total. The number of aromatic nitrogens is 1. The molecule has 0 aliphatic rings. The van der Waals surface area contributed by atoms with Crippen LogP contribution in [0, 0.1) is 0 Å². The lowest BCUT2D eigenvalue weighted by atomic mass is 10.1. The quantitative estimate of drug-likeness (QED) is 0.577. The van der Waals surface area contributed by atoms with Gasteiger partial charge in [-0.25, -0.2) is 4.98 Å². The summed E-state index contributed by atoms with van der Waals surface area (Å²) in [6.45, 7) is 0. The number of hydrogen-bond acceptors (Lipinski definition) is 3. The van der Waals surface area contributed by atoms with E-state index in [0.717, 1.165) is 38.0 Å². The second kappa shape index (κ2) is 6.15. The van der Waals surface area contributed by atoms with E-state index < -0.39 is 0 Å². The largest absolute Gasteiger partial charge is 0.497 e. The predicted molar refractivity (Wildman–Crippen MR) is 93.0 cm³/mol. The summed E-state index contributed by atoms with van der Waals surface area (Å²) in [6.07, 6.45) is 0. The molecule has 0 aliphatic heterocycles.